The van der Waals surface area contributed by atoms with Crippen molar-refractivity contribution in [3.05, 3.63) is 42.2 Å². The van der Waals surface area contributed by atoms with Crippen molar-refractivity contribution in [2.24, 2.45) is 5.41 Å². The lowest BCUT2D eigenvalue weighted by molar-refractivity contribution is 0.206. The molecule has 0 amide bonds. The second-order valence-electron chi connectivity index (χ2n) is 6.83. The smallest absolute Gasteiger partial charge is 0.0346 e. The van der Waals surface area contributed by atoms with Gasteiger partial charge in [-0.25, -0.2) is 0 Å². The lowest BCUT2D eigenvalue weighted by Gasteiger charge is -2.34. The van der Waals surface area contributed by atoms with Crippen LogP contribution < -0.4 is 5.32 Å². The molecule has 1 aromatic carbocycles. The monoisotopic (exact) mass is 268 g/mol. The molecule has 2 nitrogen and oxygen atoms in total. The molecule has 20 heavy (non-hydrogen) atoms. The van der Waals surface area contributed by atoms with Crippen molar-refractivity contribution in [3.63, 3.8) is 0 Å². The Bertz CT molecular complexity index is 573. The first kappa shape index (κ1) is 13.6. The Kier molecular flexibility index (Phi) is 3.75. The molecule has 3 rings (SSSR count). The molecule has 0 radical (unpaired) electrons. The number of pyridine rings is 1. The third-order valence-electron chi connectivity index (χ3n) is 4.69. The van der Waals surface area contributed by atoms with Crippen molar-refractivity contribution >= 4 is 10.8 Å². The van der Waals surface area contributed by atoms with Gasteiger partial charge in [0.25, 0.3) is 0 Å². The van der Waals surface area contributed by atoms with Crippen LogP contribution in [0.4, 0.5) is 0 Å². The number of nitrogens with zero attached hydrogens (tertiary/aromatic N) is 1. The van der Waals surface area contributed by atoms with Crippen LogP contribution in [0.2, 0.25) is 0 Å². The lowest BCUT2D eigenvalue weighted by atomic mass is 9.75. The number of benzene rings is 1. The molecule has 0 bridgehead atoms. The van der Waals surface area contributed by atoms with E-state index in [-0.39, 0.29) is 0 Å². The van der Waals surface area contributed by atoms with Gasteiger partial charge in [-0.1, -0.05) is 32.0 Å². The van der Waals surface area contributed by atoms with Gasteiger partial charge in [0.2, 0.25) is 0 Å². The molecule has 0 atom stereocenters. The van der Waals surface area contributed by atoms with Gasteiger partial charge in [0, 0.05) is 30.4 Å². The maximum Gasteiger partial charge on any atom is 0.0346 e. The number of hydrogen-bond acceptors (Lipinski definition) is 2. The summed E-state index contributed by atoms with van der Waals surface area (Å²) in [6.07, 6.45) is 9.11. The molecule has 2 heteroatoms. The Balaban J connectivity index is 1.66. The quantitative estimate of drug-likeness (QED) is 0.898. The first-order valence-electron chi connectivity index (χ1n) is 7.69. The fraction of sp³-hybridized carbons (Fsp3) is 0.500. The summed E-state index contributed by atoms with van der Waals surface area (Å²) in [5, 5.41) is 6.31. The minimum absolute atomic E-state index is 0.545. The summed E-state index contributed by atoms with van der Waals surface area (Å²) in [5.74, 6) is 0. The van der Waals surface area contributed by atoms with Crippen molar-refractivity contribution in [2.45, 2.75) is 52.1 Å². The largest absolute Gasteiger partial charge is 0.310 e. The Morgan fingerprint density at radius 3 is 2.80 bits per heavy atom. The van der Waals surface area contributed by atoms with E-state index in [1.165, 1.54) is 42.0 Å². The molecule has 1 aliphatic carbocycles. The minimum atomic E-state index is 0.545. The minimum Gasteiger partial charge on any atom is -0.310 e. The van der Waals surface area contributed by atoms with Gasteiger partial charge in [0.1, 0.15) is 0 Å². The molecule has 2 aromatic rings. The molecule has 1 heterocycles. The van der Waals surface area contributed by atoms with Gasteiger partial charge in [-0.05, 0) is 48.1 Å². The molecule has 0 unspecified atom stereocenters. The third-order valence-corrected chi connectivity index (χ3v) is 4.69. The molecule has 1 saturated carbocycles. The molecule has 1 aliphatic rings. The van der Waals surface area contributed by atoms with Crippen molar-refractivity contribution in [3.8, 4) is 0 Å². The van der Waals surface area contributed by atoms with Crippen LogP contribution in [0.25, 0.3) is 10.8 Å². The summed E-state index contributed by atoms with van der Waals surface area (Å²) in [7, 11) is 0. The normalized spacial score (nSPS) is 19.3. The van der Waals surface area contributed by atoms with Gasteiger partial charge < -0.3 is 5.32 Å². The topological polar surface area (TPSA) is 24.9 Å². The van der Waals surface area contributed by atoms with E-state index in [0.29, 0.717) is 11.5 Å². The van der Waals surface area contributed by atoms with Crippen molar-refractivity contribution < 1.29 is 0 Å². The SMILES string of the molecule is CC1(C)CCC(NCc2cccc3cnccc23)CC1. The van der Waals surface area contributed by atoms with Gasteiger partial charge >= 0.3 is 0 Å². The summed E-state index contributed by atoms with van der Waals surface area (Å²) >= 11 is 0. The van der Waals surface area contributed by atoms with E-state index >= 15 is 0 Å². The number of hydrogen-bond donors (Lipinski definition) is 1. The van der Waals surface area contributed by atoms with E-state index in [9.17, 15) is 0 Å². The van der Waals surface area contributed by atoms with Gasteiger partial charge in [-0.2, -0.15) is 0 Å². The van der Waals surface area contributed by atoms with Gasteiger partial charge in [-0.3, -0.25) is 4.98 Å². The number of aromatic nitrogens is 1. The summed E-state index contributed by atoms with van der Waals surface area (Å²) in [6, 6.07) is 9.29. The molecule has 1 aromatic heterocycles. The van der Waals surface area contributed by atoms with E-state index in [1.54, 1.807) is 0 Å². The standard InChI is InChI=1S/C18H24N2/c1-18(2)9-6-16(7-10-18)20-13-15-5-3-4-14-12-19-11-8-17(14)15/h3-5,8,11-12,16,20H,6-7,9-10,13H2,1-2H3. The first-order valence-corrected chi connectivity index (χ1v) is 7.69. The highest BCUT2D eigenvalue weighted by Gasteiger charge is 2.26. The van der Waals surface area contributed by atoms with Crippen LogP contribution in [-0.4, -0.2) is 11.0 Å². The first-order chi connectivity index (χ1) is 9.64. The van der Waals surface area contributed by atoms with Crippen LogP contribution in [0.3, 0.4) is 0 Å². The zero-order valence-electron chi connectivity index (χ0n) is 12.5. The lowest BCUT2D eigenvalue weighted by Crippen LogP contribution is -2.35. The number of fused-ring (bicyclic) bond motifs is 1. The van der Waals surface area contributed by atoms with Crippen molar-refractivity contribution in [1.82, 2.24) is 10.3 Å². The van der Waals surface area contributed by atoms with E-state index in [0.717, 1.165) is 6.54 Å². The average molecular weight is 268 g/mol. The van der Waals surface area contributed by atoms with Crippen molar-refractivity contribution in [2.75, 3.05) is 0 Å². The zero-order chi connectivity index (χ0) is 14.0. The Morgan fingerprint density at radius 2 is 2.00 bits per heavy atom. The summed E-state index contributed by atoms with van der Waals surface area (Å²) in [6.45, 7) is 5.74. The fourth-order valence-corrected chi connectivity index (χ4v) is 3.20. The Hall–Kier alpha value is -1.41. The summed E-state index contributed by atoms with van der Waals surface area (Å²) < 4.78 is 0. The Morgan fingerprint density at radius 1 is 1.20 bits per heavy atom. The molecule has 106 valence electrons. The van der Waals surface area contributed by atoms with Crippen LogP contribution in [0.5, 0.6) is 0 Å². The predicted molar refractivity (Wildman–Crippen MR) is 84.6 cm³/mol. The molecular weight excluding hydrogens is 244 g/mol. The van der Waals surface area contributed by atoms with Gasteiger partial charge in [0.15, 0.2) is 0 Å². The van der Waals surface area contributed by atoms with Crippen molar-refractivity contribution in [1.29, 1.82) is 0 Å². The maximum absolute atomic E-state index is 4.20. The van der Waals surface area contributed by atoms with Gasteiger partial charge in [-0.15, -0.1) is 0 Å². The second kappa shape index (κ2) is 5.53. The average Bonchev–Trinajstić information content (AvgIpc) is 2.46. The predicted octanol–water partition coefficient (Wildman–Crippen LogP) is 4.29. The van der Waals surface area contributed by atoms with E-state index < -0.39 is 0 Å². The summed E-state index contributed by atoms with van der Waals surface area (Å²) in [5.41, 5.74) is 1.93. The molecule has 1 fully saturated rings. The second-order valence-corrected chi connectivity index (χ2v) is 6.83. The van der Waals surface area contributed by atoms with Crippen LogP contribution in [-0.2, 0) is 6.54 Å². The molecular formula is C18H24N2. The Labute approximate surface area is 121 Å². The van der Waals surface area contributed by atoms with Crippen LogP contribution in [0.15, 0.2) is 36.7 Å². The van der Waals surface area contributed by atoms with Gasteiger partial charge in [0.05, 0.1) is 0 Å². The zero-order valence-corrected chi connectivity index (χ0v) is 12.5. The van der Waals surface area contributed by atoms with Crippen LogP contribution in [0.1, 0.15) is 45.1 Å². The molecule has 0 saturated heterocycles. The number of nitrogens with one attached hydrogen (secondary N) is 1. The molecule has 0 aliphatic heterocycles. The fourth-order valence-electron chi connectivity index (χ4n) is 3.20. The van der Waals surface area contributed by atoms with Crippen LogP contribution >= 0.6 is 0 Å². The highest BCUT2D eigenvalue weighted by Crippen LogP contribution is 2.35. The van der Waals surface area contributed by atoms with E-state index in [2.05, 4.69) is 48.4 Å². The highest BCUT2D eigenvalue weighted by atomic mass is 14.9. The van der Waals surface area contributed by atoms with Crippen LogP contribution in [0, 0.1) is 5.41 Å². The van der Waals surface area contributed by atoms with E-state index in [4.69, 9.17) is 0 Å². The maximum atomic E-state index is 4.20. The number of rotatable bonds is 3. The summed E-state index contributed by atoms with van der Waals surface area (Å²) in [4.78, 5) is 4.20. The highest BCUT2D eigenvalue weighted by molar-refractivity contribution is 5.84. The molecule has 0 spiro atoms. The van der Waals surface area contributed by atoms with E-state index in [1.807, 2.05) is 12.4 Å². The third kappa shape index (κ3) is 3.01. The molecule has 1 N–H and O–H groups in total.